The summed E-state index contributed by atoms with van der Waals surface area (Å²) in [5, 5.41) is 10.2. The first-order valence-electron chi connectivity index (χ1n) is 2.64. The molecule has 3 heteroatoms. The molecule has 10 heavy (non-hydrogen) atoms. The molecule has 0 atom stereocenters. The Morgan fingerprint density at radius 2 is 2.50 bits per heavy atom. The predicted molar refractivity (Wildman–Crippen MR) is 46.7 cm³/mol. The summed E-state index contributed by atoms with van der Waals surface area (Å²) < 4.78 is 1.05. The minimum absolute atomic E-state index is 1.05. The highest BCUT2D eigenvalue weighted by Crippen LogP contribution is 2.23. The second-order valence-electron chi connectivity index (χ2n) is 1.60. The van der Waals surface area contributed by atoms with Gasteiger partial charge in [0.1, 0.15) is 0 Å². The molecule has 0 fully saturated rings. The van der Waals surface area contributed by atoms with Crippen molar-refractivity contribution in [2.24, 2.45) is 0 Å². The molecule has 0 spiro atoms. The Balaban J connectivity index is 2.87. The Bertz CT molecular complexity index is 282. The minimum Gasteiger partial charge on any atom is -0.193 e. The van der Waals surface area contributed by atoms with Crippen molar-refractivity contribution >= 4 is 33.3 Å². The van der Waals surface area contributed by atoms with Gasteiger partial charge < -0.3 is 0 Å². The van der Waals surface area contributed by atoms with E-state index in [0.29, 0.717) is 0 Å². The van der Waals surface area contributed by atoms with Crippen molar-refractivity contribution in [1.29, 1.82) is 5.26 Å². The van der Waals surface area contributed by atoms with Crippen molar-refractivity contribution in [1.82, 2.24) is 0 Å². The van der Waals surface area contributed by atoms with Crippen LogP contribution in [-0.2, 0) is 0 Å². The van der Waals surface area contributed by atoms with Crippen molar-refractivity contribution in [2.75, 3.05) is 0 Å². The van der Waals surface area contributed by atoms with E-state index in [1.165, 1.54) is 6.08 Å². The van der Waals surface area contributed by atoms with Crippen molar-refractivity contribution in [3.05, 3.63) is 26.9 Å². The van der Waals surface area contributed by atoms with Gasteiger partial charge in [0.05, 0.1) is 6.07 Å². The summed E-state index contributed by atoms with van der Waals surface area (Å²) in [5.74, 6) is 0. The predicted octanol–water partition coefficient (Wildman–Crippen LogP) is 3.05. The van der Waals surface area contributed by atoms with E-state index >= 15 is 0 Å². The minimum atomic E-state index is 1.05. The van der Waals surface area contributed by atoms with Gasteiger partial charge in [-0.15, -0.1) is 11.3 Å². The first-order valence-corrected chi connectivity index (χ1v) is 4.31. The fourth-order valence-electron chi connectivity index (χ4n) is 0.537. The fraction of sp³-hybridized carbons (Fsp3) is 0. The topological polar surface area (TPSA) is 23.8 Å². The molecular formula is C7H4BrNS. The highest BCUT2D eigenvalue weighted by molar-refractivity contribution is 9.10. The van der Waals surface area contributed by atoms with E-state index in [0.717, 1.165) is 9.35 Å². The number of halogens is 1. The van der Waals surface area contributed by atoms with Gasteiger partial charge in [-0.1, -0.05) is 0 Å². The van der Waals surface area contributed by atoms with Gasteiger partial charge in [-0.05, 0) is 33.5 Å². The molecule has 0 bridgehead atoms. The van der Waals surface area contributed by atoms with Crippen LogP contribution in [0.15, 0.2) is 22.0 Å². The molecular weight excluding hydrogens is 210 g/mol. The molecule has 1 aromatic rings. The number of thiophene rings is 1. The van der Waals surface area contributed by atoms with Gasteiger partial charge >= 0.3 is 0 Å². The van der Waals surface area contributed by atoms with Crippen LogP contribution in [0.5, 0.6) is 0 Å². The number of nitrogens with zero attached hydrogens (tertiary/aromatic N) is 1. The number of hydrogen-bond donors (Lipinski definition) is 0. The summed E-state index contributed by atoms with van der Waals surface area (Å²) in [6, 6.07) is 3.90. The summed E-state index contributed by atoms with van der Waals surface area (Å²) in [7, 11) is 0. The third-order valence-electron chi connectivity index (χ3n) is 0.954. The van der Waals surface area contributed by atoms with E-state index in [9.17, 15) is 0 Å². The maximum absolute atomic E-state index is 8.21. The lowest BCUT2D eigenvalue weighted by atomic mass is 10.4. The van der Waals surface area contributed by atoms with E-state index in [-0.39, 0.29) is 0 Å². The molecule has 1 nitrogen and oxygen atoms in total. The Morgan fingerprint density at radius 1 is 1.70 bits per heavy atom. The first kappa shape index (κ1) is 7.52. The molecule has 1 rings (SSSR count). The van der Waals surface area contributed by atoms with Crippen LogP contribution in [0, 0.1) is 11.3 Å². The molecule has 0 saturated carbocycles. The molecule has 50 valence electrons. The zero-order valence-electron chi connectivity index (χ0n) is 5.04. The van der Waals surface area contributed by atoms with Crippen LogP contribution in [0.2, 0.25) is 0 Å². The van der Waals surface area contributed by atoms with Crippen molar-refractivity contribution < 1.29 is 0 Å². The molecule has 0 aliphatic rings. The maximum atomic E-state index is 8.21. The lowest BCUT2D eigenvalue weighted by molar-refractivity contribution is 1.54. The summed E-state index contributed by atoms with van der Waals surface area (Å²) in [6.45, 7) is 0. The number of rotatable bonds is 1. The molecule has 0 aromatic carbocycles. The van der Waals surface area contributed by atoms with Crippen LogP contribution in [0.3, 0.4) is 0 Å². The van der Waals surface area contributed by atoms with Gasteiger partial charge in [0.2, 0.25) is 0 Å². The van der Waals surface area contributed by atoms with Crippen LogP contribution in [0.1, 0.15) is 4.88 Å². The van der Waals surface area contributed by atoms with Crippen LogP contribution in [0.25, 0.3) is 6.08 Å². The van der Waals surface area contributed by atoms with Gasteiger partial charge in [-0.2, -0.15) is 5.26 Å². The summed E-state index contributed by atoms with van der Waals surface area (Å²) >= 11 is 4.95. The van der Waals surface area contributed by atoms with E-state index in [4.69, 9.17) is 5.26 Å². The van der Waals surface area contributed by atoms with E-state index in [1.807, 2.05) is 17.5 Å². The first-order chi connectivity index (χ1) is 4.84. The second kappa shape index (κ2) is 3.55. The summed E-state index contributed by atoms with van der Waals surface area (Å²) in [4.78, 5) is 1.08. The third kappa shape index (κ3) is 1.69. The second-order valence-corrected chi connectivity index (χ2v) is 3.40. The fourth-order valence-corrected chi connectivity index (χ4v) is 1.93. The third-order valence-corrected chi connectivity index (χ3v) is 2.79. The molecule has 0 amide bonds. The molecule has 0 radical (unpaired) electrons. The lowest BCUT2D eigenvalue weighted by Gasteiger charge is -1.82. The number of allylic oxidation sites excluding steroid dienone is 1. The quantitative estimate of drug-likeness (QED) is 0.659. The van der Waals surface area contributed by atoms with Gasteiger partial charge in [0.15, 0.2) is 0 Å². The van der Waals surface area contributed by atoms with Crippen molar-refractivity contribution in [3.8, 4) is 6.07 Å². The Hall–Kier alpha value is -0.590. The zero-order chi connectivity index (χ0) is 7.40. The highest BCUT2D eigenvalue weighted by atomic mass is 79.9. The summed E-state index contributed by atoms with van der Waals surface area (Å²) in [6.07, 6.45) is 3.26. The standard InChI is InChI=1S/C7H4BrNS/c8-6-3-5-10-7(6)2-1-4-9/h1-3,5H/b2-1+. The van der Waals surface area contributed by atoms with Gasteiger partial charge in [-0.25, -0.2) is 0 Å². The van der Waals surface area contributed by atoms with Gasteiger partial charge in [0.25, 0.3) is 0 Å². The zero-order valence-corrected chi connectivity index (χ0v) is 7.45. The largest absolute Gasteiger partial charge is 0.193 e. The molecule has 0 unspecified atom stereocenters. The molecule has 0 aliphatic heterocycles. The Kier molecular flexibility index (Phi) is 2.67. The Morgan fingerprint density at radius 3 is 3.00 bits per heavy atom. The van der Waals surface area contributed by atoms with Crippen LogP contribution < -0.4 is 0 Å². The van der Waals surface area contributed by atoms with Crippen LogP contribution in [0.4, 0.5) is 0 Å². The molecule has 0 N–H and O–H groups in total. The average Bonchev–Trinajstić information content (AvgIpc) is 2.31. The average molecular weight is 214 g/mol. The smallest absolute Gasteiger partial charge is 0.0912 e. The normalized spacial score (nSPS) is 10.0. The molecule has 0 aliphatic carbocycles. The monoisotopic (exact) mass is 213 g/mol. The Labute approximate surface area is 71.7 Å². The van der Waals surface area contributed by atoms with E-state index < -0.39 is 0 Å². The maximum Gasteiger partial charge on any atom is 0.0912 e. The van der Waals surface area contributed by atoms with Crippen molar-refractivity contribution in [3.63, 3.8) is 0 Å². The number of nitriles is 1. The van der Waals surface area contributed by atoms with Gasteiger partial charge in [0, 0.05) is 15.4 Å². The molecule has 1 heterocycles. The van der Waals surface area contributed by atoms with Crippen LogP contribution >= 0.6 is 27.3 Å². The van der Waals surface area contributed by atoms with Crippen molar-refractivity contribution in [2.45, 2.75) is 0 Å². The van der Waals surface area contributed by atoms with Gasteiger partial charge in [-0.3, -0.25) is 0 Å². The number of hydrogen-bond acceptors (Lipinski definition) is 2. The summed E-state index contributed by atoms with van der Waals surface area (Å²) in [5.41, 5.74) is 0. The van der Waals surface area contributed by atoms with Crippen LogP contribution in [-0.4, -0.2) is 0 Å². The lowest BCUT2D eigenvalue weighted by Crippen LogP contribution is -1.58. The highest BCUT2D eigenvalue weighted by Gasteiger charge is 1.93. The molecule has 0 saturated heterocycles. The SMILES string of the molecule is N#C/C=C/c1sccc1Br. The molecule has 1 aromatic heterocycles. The van der Waals surface area contributed by atoms with E-state index in [2.05, 4.69) is 15.9 Å². The van der Waals surface area contributed by atoms with E-state index in [1.54, 1.807) is 17.4 Å².